The maximum atomic E-state index is 13.7. The number of piperidine rings is 1. The van der Waals surface area contributed by atoms with Gasteiger partial charge in [-0.3, -0.25) is 5.43 Å². The van der Waals surface area contributed by atoms with Crippen molar-refractivity contribution in [2.75, 3.05) is 0 Å². The van der Waals surface area contributed by atoms with Crippen molar-refractivity contribution in [3.8, 4) is 0 Å². The summed E-state index contributed by atoms with van der Waals surface area (Å²) in [6.45, 7) is 4.60. The van der Waals surface area contributed by atoms with Crippen molar-refractivity contribution in [3.05, 3.63) is 35.1 Å². The van der Waals surface area contributed by atoms with Crippen LogP contribution in [-0.2, 0) is 6.54 Å². The Balaban J connectivity index is 2.06. The predicted octanol–water partition coefficient (Wildman–Crippen LogP) is 2.79. The summed E-state index contributed by atoms with van der Waals surface area (Å²) in [7, 11) is 0. The van der Waals surface area contributed by atoms with Crippen LogP contribution in [0.15, 0.2) is 18.2 Å². The number of rotatable bonds is 4. The van der Waals surface area contributed by atoms with Gasteiger partial charge in [0.15, 0.2) is 0 Å². The van der Waals surface area contributed by atoms with Gasteiger partial charge in [0.05, 0.1) is 5.56 Å². The molecule has 0 aromatic heterocycles. The van der Waals surface area contributed by atoms with Crippen molar-refractivity contribution >= 4 is 5.97 Å². The van der Waals surface area contributed by atoms with Crippen LogP contribution in [0.5, 0.6) is 0 Å². The fourth-order valence-corrected chi connectivity index (χ4v) is 2.75. The summed E-state index contributed by atoms with van der Waals surface area (Å²) >= 11 is 0. The molecule has 1 saturated heterocycles. The minimum absolute atomic E-state index is 0.114. The summed E-state index contributed by atoms with van der Waals surface area (Å²) in [6, 6.07) is 4.70. The van der Waals surface area contributed by atoms with Crippen molar-refractivity contribution < 1.29 is 14.3 Å². The number of carbonyl (C=O) groups is 1. The van der Waals surface area contributed by atoms with Crippen molar-refractivity contribution in [3.63, 3.8) is 0 Å². The van der Waals surface area contributed by atoms with Gasteiger partial charge in [-0.15, -0.1) is 0 Å². The SMILES string of the molecule is CC1CCCC(C)N1NCc1cc(C(=O)O)ccc1F. The summed E-state index contributed by atoms with van der Waals surface area (Å²) in [5.41, 5.74) is 3.74. The van der Waals surface area contributed by atoms with Crippen molar-refractivity contribution in [2.45, 2.75) is 51.7 Å². The molecule has 2 atom stereocenters. The molecule has 1 aliphatic rings. The average molecular weight is 280 g/mol. The van der Waals surface area contributed by atoms with E-state index in [9.17, 15) is 9.18 Å². The van der Waals surface area contributed by atoms with Gasteiger partial charge in [-0.2, -0.15) is 0 Å². The summed E-state index contributed by atoms with van der Waals surface area (Å²) in [4.78, 5) is 10.9. The third-order valence-corrected chi connectivity index (χ3v) is 3.94. The van der Waals surface area contributed by atoms with Crippen LogP contribution >= 0.6 is 0 Å². The molecule has 0 aliphatic carbocycles. The maximum absolute atomic E-state index is 13.7. The first-order valence-electron chi connectivity index (χ1n) is 7.02. The van der Waals surface area contributed by atoms with Crippen LogP contribution in [0.3, 0.4) is 0 Å². The fraction of sp³-hybridized carbons (Fsp3) is 0.533. The number of nitrogens with zero attached hydrogens (tertiary/aromatic N) is 1. The van der Waals surface area contributed by atoms with E-state index in [1.807, 2.05) is 0 Å². The summed E-state index contributed by atoms with van der Waals surface area (Å²) in [5.74, 6) is -1.41. The molecular formula is C15H21FN2O2. The quantitative estimate of drug-likeness (QED) is 0.890. The second-order valence-electron chi connectivity index (χ2n) is 5.48. The molecule has 0 saturated carbocycles. The molecule has 1 aromatic carbocycles. The lowest BCUT2D eigenvalue weighted by molar-refractivity contribution is 0.0431. The van der Waals surface area contributed by atoms with Gasteiger partial charge >= 0.3 is 5.97 Å². The van der Waals surface area contributed by atoms with Crippen LogP contribution in [0.1, 0.15) is 49.0 Å². The highest BCUT2D eigenvalue weighted by molar-refractivity contribution is 5.87. The fourth-order valence-electron chi connectivity index (χ4n) is 2.75. The van der Waals surface area contributed by atoms with Gasteiger partial charge in [0, 0.05) is 24.2 Å². The van der Waals surface area contributed by atoms with Gasteiger partial charge in [-0.25, -0.2) is 14.2 Å². The van der Waals surface area contributed by atoms with Gasteiger partial charge in [0.1, 0.15) is 5.82 Å². The lowest BCUT2D eigenvalue weighted by Crippen LogP contribution is -2.51. The van der Waals surface area contributed by atoms with E-state index in [-0.39, 0.29) is 11.4 Å². The third kappa shape index (κ3) is 3.35. The number of carboxylic acids is 1. The number of hydrogen-bond acceptors (Lipinski definition) is 3. The molecule has 0 radical (unpaired) electrons. The molecule has 1 fully saturated rings. The number of hydrogen-bond donors (Lipinski definition) is 2. The second-order valence-corrected chi connectivity index (χ2v) is 5.48. The van der Waals surface area contributed by atoms with Crippen molar-refractivity contribution in [1.29, 1.82) is 0 Å². The highest BCUT2D eigenvalue weighted by Crippen LogP contribution is 2.21. The van der Waals surface area contributed by atoms with Gasteiger partial charge in [-0.1, -0.05) is 6.42 Å². The molecule has 110 valence electrons. The van der Waals surface area contributed by atoms with E-state index in [1.54, 1.807) is 0 Å². The summed E-state index contributed by atoms with van der Waals surface area (Å²) < 4.78 is 13.7. The average Bonchev–Trinajstić information content (AvgIpc) is 2.39. The van der Waals surface area contributed by atoms with Crippen LogP contribution in [0.4, 0.5) is 4.39 Å². The lowest BCUT2D eigenvalue weighted by atomic mass is 10.00. The molecule has 0 amide bonds. The Bertz CT molecular complexity index is 483. The van der Waals surface area contributed by atoms with E-state index in [0.717, 1.165) is 12.8 Å². The topological polar surface area (TPSA) is 52.6 Å². The molecule has 0 bridgehead atoms. The van der Waals surface area contributed by atoms with Crippen molar-refractivity contribution in [1.82, 2.24) is 10.4 Å². The normalized spacial score (nSPS) is 23.8. The standard InChI is InChI=1S/C15H21FN2O2/c1-10-4-3-5-11(2)18(10)17-9-13-8-12(15(19)20)6-7-14(13)16/h6-8,10-11,17H,3-5,9H2,1-2H3,(H,19,20). The largest absolute Gasteiger partial charge is 0.478 e. The number of hydrazine groups is 1. The van der Waals surface area contributed by atoms with Crippen LogP contribution in [0, 0.1) is 5.82 Å². The van der Waals surface area contributed by atoms with Crippen LogP contribution in [-0.4, -0.2) is 28.2 Å². The maximum Gasteiger partial charge on any atom is 0.335 e. The smallest absolute Gasteiger partial charge is 0.335 e. The van der Waals surface area contributed by atoms with Gasteiger partial charge in [0.2, 0.25) is 0 Å². The number of aromatic carboxylic acids is 1. The molecule has 1 aliphatic heterocycles. The zero-order chi connectivity index (χ0) is 14.7. The minimum Gasteiger partial charge on any atom is -0.478 e. The molecule has 1 heterocycles. The van der Waals surface area contributed by atoms with Gasteiger partial charge in [-0.05, 0) is 44.9 Å². The first-order chi connectivity index (χ1) is 9.49. The number of halogens is 1. The predicted molar refractivity (Wildman–Crippen MR) is 74.8 cm³/mol. The Kier molecular flexibility index (Phi) is 4.73. The number of carboxylic acid groups (broad SMARTS) is 1. The highest BCUT2D eigenvalue weighted by Gasteiger charge is 2.24. The van der Waals surface area contributed by atoms with E-state index in [1.165, 1.54) is 24.6 Å². The molecule has 2 rings (SSSR count). The minimum atomic E-state index is -1.04. The van der Waals surface area contributed by atoms with E-state index in [2.05, 4.69) is 24.3 Å². The van der Waals surface area contributed by atoms with Gasteiger partial charge < -0.3 is 5.11 Å². The summed E-state index contributed by atoms with van der Waals surface area (Å²) in [6.07, 6.45) is 3.45. The van der Waals surface area contributed by atoms with E-state index in [4.69, 9.17) is 5.11 Å². The molecule has 2 N–H and O–H groups in total. The lowest BCUT2D eigenvalue weighted by Gasteiger charge is -2.39. The first kappa shape index (κ1) is 14.9. The molecule has 0 spiro atoms. The molecular weight excluding hydrogens is 259 g/mol. The third-order valence-electron chi connectivity index (χ3n) is 3.94. The first-order valence-corrected chi connectivity index (χ1v) is 7.02. The zero-order valence-corrected chi connectivity index (χ0v) is 11.9. The Hall–Kier alpha value is -1.46. The Morgan fingerprint density at radius 2 is 2.05 bits per heavy atom. The van der Waals surface area contributed by atoms with Gasteiger partial charge in [0.25, 0.3) is 0 Å². The zero-order valence-electron chi connectivity index (χ0n) is 11.9. The van der Waals surface area contributed by atoms with Crippen molar-refractivity contribution in [2.24, 2.45) is 0 Å². The Morgan fingerprint density at radius 1 is 1.40 bits per heavy atom. The summed E-state index contributed by atoms with van der Waals surface area (Å²) in [5, 5.41) is 11.1. The molecule has 1 aromatic rings. The molecule has 20 heavy (non-hydrogen) atoms. The van der Waals surface area contributed by atoms with Crippen LogP contribution in [0.25, 0.3) is 0 Å². The molecule has 4 nitrogen and oxygen atoms in total. The Labute approximate surface area is 118 Å². The van der Waals surface area contributed by atoms with E-state index >= 15 is 0 Å². The van der Waals surface area contributed by atoms with E-state index < -0.39 is 5.97 Å². The monoisotopic (exact) mass is 280 g/mol. The molecule has 2 unspecified atom stereocenters. The van der Waals surface area contributed by atoms with Crippen LogP contribution < -0.4 is 5.43 Å². The van der Waals surface area contributed by atoms with E-state index in [0.29, 0.717) is 24.2 Å². The molecule has 5 heteroatoms. The number of nitrogens with one attached hydrogen (secondary N) is 1. The van der Waals surface area contributed by atoms with Crippen LogP contribution in [0.2, 0.25) is 0 Å². The Morgan fingerprint density at radius 3 is 2.65 bits per heavy atom. The second kappa shape index (κ2) is 6.33. The highest BCUT2D eigenvalue weighted by atomic mass is 19.1. The number of benzene rings is 1.